The zero-order chi connectivity index (χ0) is 39.7. The van der Waals surface area contributed by atoms with Crippen LogP contribution in [-0.4, -0.2) is 69.8 Å². The number of piperidine rings is 1. The van der Waals surface area contributed by atoms with E-state index in [0.29, 0.717) is 48.3 Å². The van der Waals surface area contributed by atoms with Crippen LogP contribution in [0.25, 0.3) is 12.2 Å². The number of allylic oxidation sites excluding steroid dienone is 2. The lowest BCUT2D eigenvalue weighted by molar-refractivity contribution is -0.251. The van der Waals surface area contributed by atoms with Crippen LogP contribution >= 0.6 is 0 Å². The van der Waals surface area contributed by atoms with Crippen LogP contribution in [0.1, 0.15) is 98.6 Å². The minimum atomic E-state index is -0.609. The van der Waals surface area contributed by atoms with E-state index in [1.54, 1.807) is 48.6 Å². The molecule has 0 aliphatic carbocycles. The van der Waals surface area contributed by atoms with Crippen LogP contribution in [0.2, 0.25) is 0 Å². The normalized spacial score (nSPS) is 16.8. The molecule has 1 atom stereocenters. The fraction of sp³-hybridized carbons (Fsp3) is 0.512. The number of hydroxylamine groups is 3. The van der Waals surface area contributed by atoms with Gasteiger partial charge in [0.05, 0.1) is 38.0 Å². The molecule has 0 saturated carbocycles. The highest BCUT2D eigenvalue weighted by atomic mass is 16.6. The van der Waals surface area contributed by atoms with Gasteiger partial charge < -0.3 is 29.4 Å². The summed E-state index contributed by atoms with van der Waals surface area (Å²) in [6.07, 6.45) is 7.24. The molecule has 0 radical (unpaired) electrons. The van der Waals surface area contributed by atoms with Gasteiger partial charge in [-0.15, -0.1) is 0 Å². The molecule has 1 heterocycles. The average molecular weight is 738 g/mol. The molecule has 0 amide bonds. The lowest BCUT2D eigenvalue weighted by Gasteiger charge is -2.50. The van der Waals surface area contributed by atoms with Crippen LogP contribution in [0.15, 0.2) is 48.6 Å². The summed E-state index contributed by atoms with van der Waals surface area (Å²) in [5.74, 6) is -1.14. The second-order valence-electron chi connectivity index (χ2n) is 16.0. The van der Waals surface area contributed by atoms with Gasteiger partial charge in [0.1, 0.15) is 0 Å². The zero-order valence-corrected chi connectivity index (χ0v) is 32.7. The summed E-state index contributed by atoms with van der Waals surface area (Å²) in [7, 11) is 2.90. The maximum atomic E-state index is 13.1. The molecule has 1 aliphatic heterocycles. The van der Waals surface area contributed by atoms with E-state index < -0.39 is 52.0 Å². The molecule has 53 heavy (non-hydrogen) atoms. The number of esters is 2. The topological polar surface area (TPSA) is 164 Å². The van der Waals surface area contributed by atoms with Gasteiger partial charge in [-0.3, -0.25) is 19.2 Å². The Morgan fingerprint density at radius 1 is 0.868 bits per heavy atom. The molecule has 12 heteroatoms. The molecule has 1 saturated heterocycles. The number of hydrogen-bond acceptors (Lipinski definition) is 11. The first-order valence-electron chi connectivity index (χ1n) is 17.8. The fourth-order valence-corrected chi connectivity index (χ4v) is 6.73. The largest absolute Gasteiger partial charge is 0.493 e. The van der Waals surface area contributed by atoms with E-state index in [2.05, 4.69) is 5.48 Å². The van der Waals surface area contributed by atoms with Crippen LogP contribution in [0, 0.1) is 17.8 Å². The van der Waals surface area contributed by atoms with E-state index in [0.717, 1.165) is 0 Å². The Kier molecular flexibility index (Phi) is 14.7. The van der Waals surface area contributed by atoms with Crippen molar-refractivity contribution in [1.82, 2.24) is 10.5 Å². The molecule has 3 rings (SSSR count). The van der Waals surface area contributed by atoms with Crippen molar-refractivity contribution in [2.45, 2.75) is 104 Å². The monoisotopic (exact) mass is 737 g/mol. The molecule has 0 bridgehead atoms. The number of benzene rings is 2. The van der Waals surface area contributed by atoms with Gasteiger partial charge in [0.25, 0.3) is 0 Å². The van der Waals surface area contributed by atoms with Gasteiger partial charge in [0.15, 0.2) is 34.6 Å². The number of carbonyl (C=O) groups is 4. The summed E-state index contributed by atoms with van der Waals surface area (Å²) in [6.45, 7) is 15.3. The van der Waals surface area contributed by atoms with E-state index in [9.17, 15) is 24.4 Å². The van der Waals surface area contributed by atoms with Crippen LogP contribution < -0.4 is 24.4 Å². The zero-order valence-electron chi connectivity index (χ0n) is 32.7. The molecule has 2 aromatic carbocycles. The van der Waals surface area contributed by atoms with Crippen LogP contribution in [0.4, 0.5) is 0 Å². The average Bonchev–Trinajstić information content (AvgIpc) is 3.08. The van der Waals surface area contributed by atoms with Crippen molar-refractivity contribution in [3.8, 4) is 23.0 Å². The van der Waals surface area contributed by atoms with Gasteiger partial charge in [-0.2, -0.15) is 5.06 Å². The van der Waals surface area contributed by atoms with E-state index in [-0.39, 0.29) is 23.8 Å². The Bertz CT molecular complexity index is 1580. The number of carbonyl (C=O) groups excluding carboxylic acids is 4. The molecule has 2 aromatic rings. The number of nitrogens with zero attached hydrogens (tertiary/aromatic N) is 1. The maximum absolute atomic E-state index is 13.1. The third-order valence-corrected chi connectivity index (χ3v) is 9.22. The lowest BCUT2D eigenvalue weighted by Crippen LogP contribution is -2.60. The molecule has 1 aliphatic rings. The highest BCUT2D eigenvalue weighted by molar-refractivity contribution is 6.10. The highest BCUT2D eigenvalue weighted by Gasteiger charge is 2.47. The third-order valence-electron chi connectivity index (χ3n) is 9.22. The maximum Gasteiger partial charge on any atom is 0.314 e. The van der Waals surface area contributed by atoms with E-state index in [1.807, 2.05) is 55.4 Å². The molecule has 12 nitrogen and oxygen atoms in total. The van der Waals surface area contributed by atoms with E-state index in [1.165, 1.54) is 31.4 Å². The first-order valence-corrected chi connectivity index (χ1v) is 17.8. The van der Waals surface area contributed by atoms with Crippen molar-refractivity contribution in [3.05, 3.63) is 59.7 Å². The van der Waals surface area contributed by atoms with Gasteiger partial charge in [-0.05, 0) is 121 Å². The number of nitrogens with one attached hydrogen (secondary N) is 1. The standard InChI is InChI=1S/C41H56N2O10/c1-26(2)19-29(23-39(3,4)42-48)37(46)52-33-17-13-27(20-35(33)50-9)11-15-31(44)22-32(45)16-12-28-14-18-34(36(21-28)51-10)53-38(47)30-24-40(5,6)43(49)41(7,8)25-30/h11-18,20-21,26,29-30,42,48-49H,19,22-25H2,1-10H3/p+1/b15-11+,16-12+. The van der Waals surface area contributed by atoms with Crippen molar-refractivity contribution in [1.29, 1.82) is 0 Å². The summed E-state index contributed by atoms with van der Waals surface area (Å²) >= 11 is 0. The van der Waals surface area contributed by atoms with Crippen molar-refractivity contribution >= 4 is 35.7 Å². The molecule has 290 valence electrons. The molecule has 0 aromatic heterocycles. The van der Waals surface area contributed by atoms with Gasteiger partial charge >= 0.3 is 11.9 Å². The predicted molar refractivity (Wildman–Crippen MR) is 203 cm³/mol. The molecule has 0 spiro atoms. The van der Waals surface area contributed by atoms with Crippen molar-refractivity contribution in [2.75, 3.05) is 14.2 Å². The number of methoxy groups -OCH3 is 2. The van der Waals surface area contributed by atoms with Gasteiger partial charge in [0.2, 0.25) is 0 Å². The highest BCUT2D eigenvalue weighted by Crippen LogP contribution is 2.41. The summed E-state index contributed by atoms with van der Waals surface area (Å²) in [5, 5.41) is 19.5. The molecular weight excluding hydrogens is 680 g/mol. The second kappa shape index (κ2) is 18.1. The number of ether oxygens (including phenoxy) is 4. The van der Waals surface area contributed by atoms with Crippen molar-refractivity contribution in [2.24, 2.45) is 17.8 Å². The summed E-state index contributed by atoms with van der Waals surface area (Å²) in [4.78, 5) is 51.6. The summed E-state index contributed by atoms with van der Waals surface area (Å²) in [5.41, 5.74) is 1.92. The minimum Gasteiger partial charge on any atom is -0.493 e. The molecule has 4 N–H and O–H groups in total. The summed E-state index contributed by atoms with van der Waals surface area (Å²) in [6, 6.07) is 9.80. The fourth-order valence-electron chi connectivity index (χ4n) is 6.73. The lowest BCUT2D eigenvalue weighted by atomic mass is 9.75. The Morgan fingerprint density at radius 2 is 1.34 bits per heavy atom. The van der Waals surface area contributed by atoms with Gasteiger partial charge in [-0.1, -0.05) is 43.6 Å². The Labute approximate surface area is 313 Å². The van der Waals surface area contributed by atoms with Crippen molar-refractivity contribution in [3.63, 3.8) is 0 Å². The number of rotatable bonds is 17. The Morgan fingerprint density at radius 3 is 1.77 bits per heavy atom. The SMILES string of the molecule is COc1cc(/C=C/C(=O)CC(=O)/C=C/c2ccc(OC(=O)C3CC(C)(C)N(O)C(C)(C)C3)c(OC)c2)ccc1OC(=O)C(CC(C)C)CC(C)(C)N[OH2+]. The van der Waals surface area contributed by atoms with Gasteiger partial charge in [-0.25, -0.2) is 0 Å². The molecular formula is C41H57N2O10+. The van der Waals surface area contributed by atoms with Crippen LogP contribution in [0.5, 0.6) is 23.0 Å². The quantitative estimate of drug-likeness (QED) is 0.0456. The Hall–Kier alpha value is -4.36. The second-order valence-corrected chi connectivity index (χ2v) is 16.0. The minimum absolute atomic E-state index is 0.239. The van der Waals surface area contributed by atoms with Crippen LogP contribution in [-0.2, 0) is 19.2 Å². The van der Waals surface area contributed by atoms with Crippen molar-refractivity contribution < 1.29 is 48.5 Å². The number of hydrogen-bond donors (Lipinski definition) is 2. The van der Waals surface area contributed by atoms with E-state index in [4.69, 9.17) is 24.2 Å². The summed E-state index contributed by atoms with van der Waals surface area (Å²) < 4.78 is 22.4. The van der Waals surface area contributed by atoms with E-state index >= 15 is 0 Å². The predicted octanol–water partition coefficient (Wildman–Crippen LogP) is 6.49. The first kappa shape index (κ1) is 43.0. The van der Waals surface area contributed by atoms with Crippen LogP contribution in [0.3, 0.4) is 0 Å². The molecule has 1 unspecified atom stereocenters. The third kappa shape index (κ3) is 12.3. The number of ketones is 2. The smallest absolute Gasteiger partial charge is 0.314 e. The Balaban J connectivity index is 1.60. The van der Waals surface area contributed by atoms with Gasteiger partial charge in [0, 0.05) is 11.1 Å². The first-order chi connectivity index (χ1) is 24.7. The molecule has 1 fully saturated rings.